The molecular formula is C20H26N4O3S. The number of unbranched alkanes of at least 4 members (excludes halogenated alkanes) is 1. The van der Waals surface area contributed by atoms with Gasteiger partial charge >= 0.3 is 0 Å². The number of anilines is 1. The highest BCUT2D eigenvalue weighted by Crippen LogP contribution is 2.39. The number of hydrogen-bond acceptors (Lipinski definition) is 7. The van der Waals surface area contributed by atoms with Crippen LogP contribution in [0.3, 0.4) is 0 Å². The third-order valence-electron chi connectivity index (χ3n) is 4.66. The van der Waals surface area contributed by atoms with Crippen LogP contribution < -0.4 is 14.8 Å². The van der Waals surface area contributed by atoms with Crippen molar-refractivity contribution in [2.24, 2.45) is 0 Å². The molecule has 1 aliphatic rings. The van der Waals surface area contributed by atoms with E-state index < -0.39 is 0 Å². The maximum absolute atomic E-state index is 12.5. The van der Waals surface area contributed by atoms with E-state index in [1.54, 1.807) is 37.6 Å². The van der Waals surface area contributed by atoms with Gasteiger partial charge in [-0.2, -0.15) is 4.98 Å². The van der Waals surface area contributed by atoms with Gasteiger partial charge in [-0.25, -0.2) is 4.68 Å². The first-order valence-corrected chi connectivity index (χ1v) is 10.3. The summed E-state index contributed by atoms with van der Waals surface area (Å²) in [7, 11) is 3.20. The Balaban J connectivity index is 2.07. The number of methoxy groups -OCH3 is 2. The van der Waals surface area contributed by atoms with E-state index in [2.05, 4.69) is 17.2 Å². The van der Waals surface area contributed by atoms with Crippen molar-refractivity contribution >= 4 is 23.5 Å². The zero-order valence-corrected chi connectivity index (χ0v) is 17.7. The maximum Gasteiger partial charge on any atom is 0.227 e. The molecule has 2 aromatic rings. The fourth-order valence-electron chi connectivity index (χ4n) is 3.29. The number of carbonyl (C=O) groups is 1. The van der Waals surface area contributed by atoms with Gasteiger partial charge in [0.25, 0.3) is 0 Å². The average Bonchev–Trinajstić information content (AvgIpc) is 3.08. The molecule has 1 aromatic carbocycles. The molecule has 8 heteroatoms. The summed E-state index contributed by atoms with van der Waals surface area (Å²) in [5, 5.41) is 8.63. The van der Waals surface area contributed by atoms with E-state index in [0.717, 1.165) is 29.9 Å². The van der Waals surface area contributed by atoms with Gasteiger partial charge in [0.15, 0.2) is 17.3 Å². The second-order valence-corrected chi connectivity index (χ2v) is 7.66. The molecule has 7 nitrogen and oxygen atoms in total. The minimum atomic E-state index is -0.374. The highest BCUT2D eigenvalue weighted by molar-refractivity contribution is 7.99. The SMILES string of the molecule is CCCCSc1nc2n(n1)C(c1ccc(OC)c(OC)c1)C(C(C)=O)=C(C)N2. The molecule has 3 rings (SSSR count). The number of aromatic nitrogens is 3. The predicted octanol–water partition coefficient (Wildman–Crippen LogP) is 4.07. The van der Waals surface area contributed by atoms with Crippen LogP contribution in [0.5, 0.6) is 11.5 Å². The van der Waals surface area contributed by atoms with Gasteiger partial charge in [-0.05, 0) is 38.0 Å². The molecule has 150 valence electrons. The van der Waals surface area contributed by atoms with Gasteiger partial charge in [0.1, 0.15) is 6.04 Å². The van der Waals surface area contributed by atoms with Crippen LogP contribution in [0.25, 0.3) is 0 Å². The minimum Gasteiger partial charge on any atom is -0.493 e. The summed E-state index contributed by atoms with van der Waals surface area (Å²) >= 11 is 1.63. The molecule has 0 saturated carbocycles. The number of benzene rings is 1. The first kappa shape index (κ1) is 20.3. The second-order valence-electron chi connectivity index (χ2n) is 6.60. The van der Waals surface area contributed by atoms with Crippen molar-refractivity contribution in [1.82, 2.24) is 14.8 Å². The lowest BCUT2D eigenvalue weighted by atomic mass is 9.93. The highest BCUT2D eigenvalue weighted by Gasteiger charge is 2.33. The molecule has 0 spiro atoms. The Kier molecular flexibility index (Phi) is 6.28. The number of carbonyl (C=O) groups excluding carboxylic acids is 1. The van der Waals surface area contributed by atoms with Gasteiger partial charge in [-0.1, -0.05) is 31.2 Å². The molecule has 2 heterocycles. The molecule has 1 atom stereocenters. The molecule has 1 unspecified atom stereocenters. The molecule has 1 aromatic heterocycles. The lowest BCUT2D eigenvalue weighted by molar-refractivity contribution is -0.114. The summed E-state index contributed by atoms with van der Waals surface area (Å²) in [5.41, 5.74) is 2.34. The van der Waals surface area contributed by atoms with E-state index in [1.165, 1.54) is 0 Å². The molecule has 0 radical (unpaired) electrons. The van der Waals surface area contributed by atoms with Gasteiger partial charge in [-0.3, -0.25) is 4.79 Å². The summed E-state index contributed by atoms with van der Waals surface area (Å²) in [6.45, 7) is 5.63. The van der Waals surface area contributed by atoms with E-state index in [-0.39, 0.29) is 11.8 Å². The number of ketones is 1. The van der Waals surface area contributed by atoms with Crippen molar-refractivity contribution in [2.75, 3.05) is 25.3 Å². The van der Waals surface area contributed by atoms with Gasteiger partial charge in [-0.15, -0.1) is 5.10 Å². The normalized spacial score (nSPS) is 15.8. The molecular weight excluding hydrogens is 376 g/mol. The minimum absolute atomic E-state index is 0.00822. The Morgan fingerprint density at radius 3 is 2.68 bits per heavy atom. The van der Waals surface area contributed by atoms with E-state index in [9.17, 15) is 4.79 Å². The Hall–Kier alpha value is -2.48. The van der Waals surface area contributed by atoms with Gasteiger partial charge in [0, 0.05) is 17.0 Å². The topological polar surface area (TPSA) is 78.3 Å². The predicted molar refractivity (Wildman–Crippen MR) is 110 cm³/mol. The molecule has 28 heavy (non-hydrogen) atoms. The summed E-state index contributed by atoms with van der Waals surface area (Å²) in [6, 6.07) is 5.29. The average molecular weight is 403 g/mol. The summed E-state index contributed by atoms with van der Waals surface area (Å²) in [6.07, 6.45) is 2.24. The molecule has 0 bridgehead atoms. The summed E-state index contributed by atoms with van der Waals surface area (Å²) < 4.78 is 12.6. The number of hydrogen-bond donors (Lipinski definition) is 1. The van der Waals surface area contributed by atoms with Gasteiger partial charge in [0.05, 0.1) is 14.2 Å². The number of thioether (sulfide) groups is 1. The largest absolute Gasteiger partial charge is 0.493 e. The van der Waals surface area contributed by atoms with Crippen LogP contribution in [0.4, 0.5) is 5.95 Å². The van der Waals surface area contributed by atoms with Crippen LogP contribution in [0.15, 0.2) is 34.6 Å². The number of rotatable bonds is 8. The van der Waals surface area contributed by atoms with Crippen molar-refractivity contribution in [3.63, 3.8) is 0 Å². The van der Waals surface area contributed by atoms with Crippen LogP contribution in [-0.4, -0.2) is 40.5 Å². The molecule has 0 fully saturated rings. The lowest BCUT2D eigenvalue weighted by Gasteiger charge is -2.28. The first-order valence-electron chi connectivity index (χ1n) is 9.30. The Morgan fingerprint density at radius 2 is 2.04 bits per heavy atom. The second kappa shape index (κ2) is 8.68. The molecule has 0 saturated heterocycles. The maximum atomic E-state index is 12.5. The Bertz CT molecular complexity index is 907. The van der Waals surface area contributed by atoms with E-state index in [1.807, 2.05) is 25.1 Å². The Labute approximate surface area is 169 Å². The third-order valence-corrected chi connectivity index (χ3v) is 5.59. The zero-order chi connectivity index (χ0) is 20.3. The zero-order valence-electron chi connectivity index (χ0n) is 16.9. The van der Waals surface area contributed by atoms with Crippen LogP contribution in [0.1, 0.15) is 45.2 Å². The van der Waals surface area contributed by atoms with Gasteiger partial charge in [0.2, 0.25) is 11.1 Å². The number of fused-ring (bicyclic) bond motifs is 1. The number of allylic oxidation sites excluding steroid dienone is 2. The number of Topliss-reactive ketones (excluding diaryl/α,β-unsaturated/α-hetero) is 1. The van der Waals surface area contributed by atoms with E-state index >= 15 is 0 Å². The lowest BCUT2D eigenvalue weighted by Crippen LogP contribution is -2.27. The van der Waals surface area contributed by atoms with Crippen molar-refractivity contribution in [2.45, 2.75) is 44.8 Å². The third kappa shape index (κ3) is 3.87. The van der Waals surface area contributed by atoms with E-state index in [0.29, 0.717) is 28.2 Å². The van der Waals surface area contributed by atoms with Crippen LogP contribution in [-0.2, 0) is 4.79 Å². The summed E-state index contributed by atoms with van der Waals surface area (Å²) in [4.78, 5) is 17.1. The smallest absolute Gasteiger partial charge is 0.227 e. The quantitative estimate of drug-likeness (QED) is 0.527. The molecule has 1 aliphatic heterocycles. The first-order chi connectivity index (χ1) is 13.5. The van der Waals surface area contributed by atoms with Crippen molar-refractivity contribution < 1.29 is 14.3 Å². The Morgan fingerprint density at radius 1 is 1.29 bits per heavy atom. The number of nitrogens with zero attached hydrogens (tertiary/aromatic N) is 3. The number of ether oxygens (including phenoxy) is 2. The number of nitrogens with one attached hydrogen (secondary N) is 1. The van der Waals surface area contributed by atoms with Crippen molar-refractivity contribution in [1.29, 1.82) is 0 Å². The fraction of sp³-hybridized carbons (Fsp3) is 0.450. The fourth-order valence-corrected chi connectivity index (χ4v) is 4.20. The molecule has 0 amide bonds. The standard InChI is InChI=1S/C20H26N4O3S/c1-6-7-10-28-20-22-19-21-12(2)17(13(3)25)18(24(19)23-20)14-8-9-15(26-4)16(11-14)27-5/h8-9,11,18H,6-7,10H2,1-5H3,(H,21,22,23). The highest BCUT2D eigenvalue weighted by atomic mass is 32.2. The van der Waals surface area contributed by atoms with E-state index in [4.69, 9.17) is 14.6 Å². The van der Waals surface area contributed by atoms with Crippen molar-refractivity contribution in [3.05, 3.63) is 35.0 Å². The monoisotopic (exact) mass is 402 g/mol. The molecule has 0 aliphatic carbocycles. The summed E-state index contributed by atoms with van der Waals surface area (Å²) in [5.74, 6) is 2.85. The van der Waals surface area contributed by atoms with Crippen LogP contribution >= 0.6 is 11.8 Å². The van der Waals surface area contributed by atoms with Crippen LogP contribution in [0.2, 0.25) is 0 Å². The van der Waals surface area contributed by atoms with Gasteiger partial charge < -0.3 is 14.8 Å². The van der Waals surface area contributed by atoms with Crippen LogP contribution in [0, 0.1) is 0 Å². The van der Waals surface area contributed by atoms with Crippen molar-refractivity contribution in [3.8, 4) is 11.5 Å². The molecule has 1 N–H and O–H groups in total.